The Morgan fingerprint density at radius 1 is 1.13 bits per heavy atom. The lowest BCUT2D eigenvalue weighted by molar-refractivity contribution is -0.137. The number of ether oxygens (including phenoxy) is 2. The first-order valence-electron chi connectivity index (χ1n) is 9.80. The number of nitrogens with one attached hydrogen (secondary N) is 1. The van der Waals surface area contributed by atoms with Crippen LogP contribution < -0.4 is 5.32 Å². The first-order valence-corrected chi connectivity index (χ1v) is 9.80. The summed E-state index contributed by atoms with van der Waals surface area (Å²) in [7, 11) is 1.51. The summed E-state index contributed by atoms with van der Waals surface area (Å²) in [5.74, 6) is 0.479. The molecule has 6 nitrogen and oxygen atoms in total. The van der Waals surface area contributed by atoms with Gasteiger partial charge in [0.15, 0.2) is 5.82 Å². The van der Waals surface area contributed by atoms with Crippen LogP contribution in [0, 0.1) is 0 Å². The van der Waals surface area contributed by atoms with E-state index in [1.54, 1.807) is 0 Å². The van der Waals surface area contributed by atoms with E-state index in [0.29, 0.717) is 30.1 Å². The Morgan fingerprint density at radius 2 is 1.84 bits per heavy atom. The van der Waals surface area contributed by atoms with E-state index in [4.69, 9.17) is 9.47 Å². The molecule has 31 heavy (non-hydrogen) atoms. The highest BCUT2D eigenvalue weighted by atomic mass is 19.4. The lowest BCUT2D eigenvalue weighted by atomic mass is 9.91. The van der Waals surface area contributed by atoms with Crippen LogP contribution in [0.25, 0.3) is 22.0 Å². The van der Waals surface area contributed by atoms with E-state index >= 15 is 0 Å². The molecular weight excluding hydrogens is 411 g/mol. The summed E-state index contributed by atoms with van der Waals surface area (Å²) >= 11 is 0. The SMILES string of the molecule is COCC1(O)COCCC1Nc1nnc(-c2ccc(C(F)(F)F)cc2)c2ccccc12. The Balaban J connectivity index is 1.70. The molecular formula is C22H22F3N3O3. The second kappa shape index (κ2) is 8.41. The maximum atomic E-state index is 12.9. The monoisotopic (exact) mass is 433 g/mol. The molecule has 1 aliphatic rings. The highest BCUT2D eigenvalue weighted by molar-refractivity contribution is 6.00. The van der Waals surface area contributed by atoms with Crippen molar-refractivity contribution < 1.29 is 27.8 Å². The molecule has 1 aliphatic heterocycles. The molecule has 0 spiro atoms. The highest BCUT2D eigenvalue weighted by Gasteiger charge is 2.40. The number of hydrogen-bond donors (Lipinski definition) is 2. The fourth-order valence-electron chi connectivity index (χ4n) is 3.82. The molecule has 2 N–H and O–H groups in total. The first kappa shape index (κ1) is 21.5. The average Bonchev–Trinajstić information content (AvgIpc) is 2.75. The van der Waals surface area contributed by atoms with Crippen molar-refractivity contribution in [2.45, 2.75) is 24.2 Å². The number of alkyl halides is 3. The molecule has 0 aliphatic carbocycles. The van der Waals surface area contributed by atoms with Gasteiger partial charge in [0.2, 0.25) is 0 Å². The lowest BCUT2D eigenvalue weighted by Gasteiger charge is -2.39. The van der Waals surface area contributed by atoms with Gasteiger partial charge in [0.05, 0.1) is 24.8 Å². The van der Waals surface area contributed by atoms with Crippen LogP contribution in [0.4, 0.5) is 19.0 Å². The van der Waals surface area contributed by atoms with Crippen LogP contribution in [0.5, 0.6) is 0 Å². The van der Waals surface area contributed by atoms with Gasteiger partial charge in [0.1, 0.15) is 11.3 Å². The van der Waals surface area contributed by atoms with Crippen LogP contribution >= 0.6 is 0 Å². The fourth-order valence-corrected chi connectivity index (χ4v) is 3.82. The molecule has 2 aromatic carbocycles. The van der Waals surface area contributed by atoms with Crippen LogP contribution in [0.1, 0.15) is 12.0 Å². The summed E-state index contributed by atoms with van der Waals surface area (Å²) in [5.41, 5.74) is -0.926. The molecule has 2 heterocycles. The van der Waals surface area contributed by atoms with Crippen molar-refractivity contribution in [3.8, 4) is 11.3 Å². The number of rotatable bonds is 5. The van der Waals surface area contributed by atoms with Gasteiger partial charge >= 0.3 is 6.18 Å². The van der Waals surface area contributed by atoms with Crippen molar-refractivity contribution in [1.29, 1.82) is 0 Å². The van der Waals surface area contributed by atoms with E-state index in [0.717, 1.165) is 22.9 Å². The maximum absolute atomic E-state index is 12.9. The van der Waals surface area contributed by atoms with Crippen molar-refractivity contribution in [3.05, 3.63) is 54.1 Å². The summed E-state index contributed by atoms with van der Waals surface area (Å²) in [6.45, 7) is 0.714. The van der Waals surface area contributed by atoms with Gasteiger partial charge < -0.3 is 19.9 Å². The van der Waals surface area contributed by atoms with Crippen LogP contribution in [-0.4, -0.2) is 53.9 Å². The Morgan fingerprint density at radius 3 is 2.52 bits per heavy atom. The normalized spacial score (nSPS) is 21.9. The number of fused-ring (bicyclic) bond motifs is 1. The van der Waals surface area contributed by atoms with E-state index in [-0.39, 0.29) is 19.3 Å². The van der Waals surface area contributed by atoms with Gasteiger partial charge in [-0.1, -0.05) is 36.4 Å². The van der Waals surface area contributed by atoms with Crippen molar-refractivity contribution in [3.63, 3.8) is 0 Å². The molecule has 0 amide bonds. The van der Waals surface area contributed by atoms with Crippen molar-refractivity contribution in [1.82, 2.24) is 10.2 Å². The molecule has 0 saturated carbocycles. The van der Waals surface area contributed by atoms with E-state index in [1.807, 2.05) is 24.3 Å². The first-order chi connectivity index (χ1) is 14.8. The Labute approximate surface area is 177 Å². The van der Waals surface area contributed by atoms with Crippen molar-refractivity contribution in [2.75, 3.05) is 32.2 Å². The summed E-state index contributed by atoms with van der Waals surface area (Å²) < 4.78 is 49.3. The number of aromatic nitrogens is 2. The smallest absolute Gasteiger partial charge is 0.383 e. The number of methoxy groups -OCH3 is 1. The van der Waals surface area contributed by atoms with Crippen LogP contribution in [0.2, 0.25) is 0 Å². The molecule has 4 rings (SSSR count). The van der Waals surface area contributed by atoms with Crippen LogP contribution in [0.3, 0.4) is 0 Å². The third kappa shape index (κ3) is 4.34. The van der Waals surface area contributed by atoms with E-state index in [2.05, 4.69) is 15.5 Å². The summed E-state index contributed by atoms with van der Waals surface area (Å²) in [6, 6.07) is 11.9. The second-order valence-corrected chi connectivity index (χ2v) is 7.59. The van der Waals surface area contributed by atoms with Gasteiger partial charge in [0, 0.05) is 30.1 Å². The van der Waals surface area contributed by atoms with Gasteiger partial charge in [-0.15, -0.1) is 10.2 Å². The third-order valence-electron chi connectivity index (χ3n) is 5.43. The predicted octanol–water partition coefficient (Wildman–Crippen LogP) is 3.89. The molecule has 164 valence electrons. The quantitative estimate of drug-likeness (QED) is 0.636. The number of halogens is 3. The third-order valence-corrected chi connectivity index (χ3v) is 5.43. The Hall–Kier alpha value is -2.75. The lowest BCUT2D eigenvalue weighted by Crippen LogP contribution is -2.57. The number of nitrogens with zero attached hydrogens (tertiary/aromatic N) is 2. The largest absolute Gasteiger partial charge is 0.416 e. The topological polar surface area (TPSA) is 76.5 Å². The zero-order chi connectivity index (χ0) is 22.1. The van der Waals surface area contributed by atoms with E-state index in [1.165, 1.54) is 19.2 Å². The zero-order valence-electron chi connectivity index (χ0n) is 16.8. The Bertz CT molecular complexity index is 1060. The minimum Gasteiger partial charge on any atom is -0.383 e. The standard InChI is InChI=1S/C22H22F3N3O3/c1-30-12-21(29)13-31-11-10-18(21)26-20-17-5-3-2-4-16(17)19(27-28-20)14-6-8-15(9-7-14)22(23,24)25/h2-9,18,29H,10-13H2,1H3,(H,26,28). The van der Waals surface area contributed by atoms with Gasteiger partial charge in [-0.2, -0.15) is 13.2 Å². The zero-order valence-corrected chi connectivity index (χ0v) is 16.8. The average molecular weight is 433 g/mol. The number of benzene rings is 2. The molecule has 3 aromatic rings. The second-order valence-electron chi connectivity index (χ2n) is 7.59. The van der Waals surface area contributed by atoms with Crippen LogP contribution in [-0.2, 0) is 15.7 Å². The van der Waals surface area contributed by atoms with Gasteiger partial charge in [-0.25, -0.2) is 0 Å². The van der Waals surface area contributed by atoms with Crippen molar-refractivity contribution >= 4 is 16.6 Å². The molecule has 0 bridgehead atoms. The summed E-state index contributed by atoms with van der Waals surface area (Å²) in [5, 5.41) is 24.3. The van der Waals surface area contributed by atoms with Crippen molar-refractivity contribution in [2.24, 2.45) is 0 Å². The van der Waals surface area contributed by atoms with E-state index < -0.39 is 17.3 Å². The molecule has 1 saturated heterocycles. The number of anilines is 1. The summed E-state index contributed by atoms with van der Waals surface area (Å²) in [6.07, 6.45) is -3.85. The maximum Gasteiger partial charge on any atom is 0.416 e. The minimum absolute atomic E-state index is 0.0969. The summed E-state index contributed by atoms with van der Waals surface area (Å²) in [4.78, 5) is 0. The van der Waals surface area contributed by atoms with Crippen LogP contribution in [0.15, 0.2) is 48.5 Å². The number of hydrogen-bond acceptors (Lipinski definition) is 6. The van der Waals surface area contributed by atoms with Gasteiger partial charge in [-0.3, -0.25) is 0 Å². The molecule has 1 aromatic heterocycles. The van der Waals surface area contributed by atoms with Gasteiger partial charge in [0.25, 0.3) is 0 Å². The molecule has 2 atom stereocenters. The predicted molar refractivity (Wildman–Crippen MR) is 110 cm³/mol. The minimum atomic E-state index is -4.40. The van der Waals surface area contributed by atoms with Gasteiger partial charge in [-0.05, 0) is 18.6 Å². The fraction of sp³-hybridized carbons (Fsp3) is 0.364. The molecule has 1 fully saturated rings. The Kier molecular flexibility index (Phi) is 5.83. The molecule has 9 heteroatoms. The van der Waals surface area contributed by atoms with E-state index in [9.17, 15) is 18.3 Å². The molecule has 2 unspecified atom stereocenters. The highest BCUT2D eigenvalue weighted by Crippen LogP contribution is 2.34. The number of aliphatic hydroxyl groups is 1. The molecule has 0 radical (unpaired) electrons.